The van der Waals surface area contributed by atoms with Crippen molar-refractivity contribution in [3.05, 3.63) is 27.7 Å². The number of carbonyl (C=O) groups excluding carboxylic acids is 1. The van der Waals surface area contributed by atoms with Crippen LogP contribution in [0.3, 0.4) is 0 Å². The van der Waals surface area contributed by atoms with Crippen LogP contribution in [0.2, 0.25) is 5.02 Å². The number of sulfonamides is 1. The van der Waals surface area contributed by atoms with Gasteiger partial charge in [0.1, 0.15) is 11.5 Å². The van der Waals surface area contributed by atoms with E-state index in [2.05, 4.69) is 25.4 Å². The first-order valence-corrected chi connectivity index (χ1v) is 7.35. The van der Waals surface area contributed by atoms with E-state index in [-0.39, 0.29) is 23.1 Å². The highest BCUT2D eigenvalue weighted by Crippen LogP contribution is 2.24. The van der Waals surface area contributed by atoms with E-state index in [0.29, 0.717) is 4.47 Å². The minimum Gasteiger partial charge on any atom is -0.448 e. The van der Waals surface area contributed by atoms with Crippen LogP contribution in [0.5, 0.6) is 0 Å². The Morgan fingerprint density at radius 3 is 2.72 bits per heavy atom. The molecule has 1 amide bonds. The predicted octanol–water partition coefficient (Wildman–Crippen LogP) is 1.48. The first kappa shape index (κ1) is 15.2. The average molecular weight is 358 g/mol. The summed E-state index contributed by atoms with van der Waals surface area (Å²) in [6, 6.07) is 4.39. The molecule has 0 aliphatic rings. The van der Waals surface area contributed by atoms with Gasteiger partial charge in [-0.2, -0.15) is 0 Å². The topological polar surface area (TPSA) is 98.5 Å². The molecule has 3 N–H and O–H groups in total. The highest BCUT2D eigenvalue weighted by atomic mass is 79.9. The van der Waals surface area contributed by atoms with Gasteiger partial charge in [0.15, 0.2) is 0 Å². The zero-order valence-electron chi connectivity index (χ0n) is 9.02. The molecule has 0 bridgehead atoms. The molecule has 0 atom stereocenters. The molecule has 0 radical (unpaired) electrons. The maximum Gasteiger partial charge on any atom is 0.404 e. The highest BCUT2D eigenvalue weighted by molar-refractivity contribution is 9.10. The number of hydrogen-bond donors (Lipinski definition) is 2. The van der Waals surface area contributed by atoms with Crippen LogP contribution >= 0.6 is 27.5 Å². The fourth-order valence-corrected chi connectivity index (χ4v) is 3.15. The third-order valence-corrected chi connectivity index (χ3v) is 4.26. The molecule has 0 aromatic heterocycles. The quantitative estimate of drug-likeness (QED) is 0.780. The first-order chi connectivity index (χ1) is 8.33. The molecule has 0 saturated heterocycles. The van der Waals surface area contributed by atoms with Crippen molar-refractivity contribution in [1.29, 1.82) is 0 Å². The zero-order chi connectivity index (χ0) is 13.8. The van der Waals surface area contributed by atoms with Gasteiger partial charge in [-0.15, -0.1) is 0 Å². The van der Waals surface area contributed by atoms with Gasteiger partial charge in [-0.05, 0) is 18.2 Å². The van der Waals surface area contributed by atoms with Gasteiger partial charge in [-0.3, -0.25) is 0 Å². The summed E-state index contributed by atoms with van der Waals surface area (Å²) in [4.78, 5) is 10.2. The number of carbonyl (C=O) groups is 1. The molecule has 0 heterocycles. The summed E-state index contributed by atoms with van der Waals surface area (Å²) in [5.74, 6) is 0. The van der Waals surface area contributed by atoms with Crippen LogP contribution in [-0.4, -0.2) is 27.7 Å². The maximum absolute atomic E-state index is 11.8. The molecule has 100 valence electrons. The Balaban J connectivity index is 2.71. The van der Waals surface area contributed by atoms with E-state index >= 15 is 0 Å². The van der Waals surface area contributed by atoms with E-state index in [1.165, 1.54) is 12.1 Å². The number of benzene rings is 1. The maximum atomic E-state index is 11.8. The van der Waals surface area contributed by atoms with Crippen LogP contribution in [-0.2, 0) is 14.8 Å². The van der Waals surface area contributed by atoms with Crippen molar-refractivity contribution in [2.24, 2.45) is 5.73 Å². The Morgan fingerprint density at radius 2 is 2.17 bits per heavy atom. The van der Waals surface area contributed by atoms with E-state index in [1.807, 2.05) is 0 Å². The Bertz CT molecular complexity index is 549. The summed E-state index contributed by atoms with van der Waals surface area (Å²) < 4.78 is 30.9. The number of hydrogen-bond acceptors (Lipinski definition) is 4. The van der Waals surface area contributed by atoms with Crippen molar-refractivity contribution in [3.63, 3.8) is 0 Å². The Morgan fingerprint density at radius 1 is 1.50 bits per heavy atom. The van der Waals surface area contributed by atoms with Gasteiger partial charge >= 0.3 is 6.09 Å². The molecular weight excluding hydrogens is 348 g/mol. The zero-order valence-corrected chi connectivity index (χ0v) is 12.2. The number of nitrogens with one attached hydrogen (secondary N) is 1. The lowest BCUT2D eigenvalue weighted by Gasteiger charge is -2.08. The summed E-state index contributed by atoms with van der Waals surface area (Å²) in [5, 5.41) is 0.0905. The van der Waals surface area contributed by atoms with Gasteiger partial charge in [-0.25, -0.2) is 17.9 Å². The average Bonchev–Trinajstić information content (AvgIpc) is 2.23. The smallest absolute Gasteiger partial charge is 0.404 e. The highest BCUT2D eigenvalue weighted by Gasteiger charge is 2.17. The summed E-state index contributed by atoms with van der Waals surface area (Å²) >= 11 is 8.99. The third kappa shape index (κ3) is 4.45. The van der Waals surface area contributed by atoms with E-state index < -0.39 is 16.1 Å². The Labute approximate surface area is 118 Å². The van der Waals surface area contributed by atoms with Crippen LogP contribution in [0.4, 0.5) is 4.79 Å². The summed E-state index contributed by atoms with van der Waals surface area (Å²) in [6.07, 6.45) is -0.962. The minimum atomic E-state index is -3.74. The van der Waals surface area contributed by atoms with Crippen LogP contribution in [0.15, 0.2) is 27.6 Å². The molecule has 1 rings (SSSR count). The number of ether oxygens (including phenoxy) is 1. The minimum absolute atomic E-state index is 0.0496. The lowest BCUT2D eigenvalue weighted by atomic mass is 10.4. The second kappa shape index (κ2) is 6.37. The van der Waals surface area contributed by atoms with Crippen molar-refractivity contribution in [1.82, 2.24) is 4.72 Å². The van der Waals surface area contributed by atoms with E-state index in [0.717, 1.165) is 0 Å². The van der Waals surface area contributed by atoms with Gasteiger partial charge < -0.3 is 10.5 Å². The van der Waals surface area contributed by atoms with Crippen molar-refractivity contribution in [3.8, 4) is 0 Å². The molecule has 18 heavy (non-hydrogen) atoms. The number of halogens is 2. The fourth-order valence-electron chi connectivity index (χ4n) is 1.10. The number of rotatable bonds is 5. The predicted molar refractivity (Wildman–Crippen MR) is 69.9 cm³/mol. The largest absolute Gasteiger partial charge is 0.448 e. The SMILES string of the molecule is NC(=O)OCCNS(=O)(=O)c1ccc(Br)cc1Cl. The molecule has 0 fully saturated rings. The van der Waals surface area contributed by atoms with Crippen molar-refractivity contribution in [2.45, 2.75) is 4.90 Å². The number of amides is 1. The fraction of sp³-hybridized carbons (Fsp3) is 0.222. The van der Waals surface area contributed by atoms with E-state index in [9.17, 15) is 13.2 Å². The summed E-state index contributed by atoms with van der Waals surface area (Å²) in [5.41, 5.74) is 4.73. The molecule has 0 aliphatic carbocycles. The molecule has 6 nitrogen and oxygen atoms in total. The summed E-state index contributed by atoms with van der Waals surface area (Å²) in [6.45, 7) is -0.236. The number of primary amides is 1. The molecule has 9 heteroatoms. The van der Waals surface area contributed by atoms with Gasteiger partial charge in [0.25, 0.3) is 0 Å². The monoisotopic (exact) mass is 356 g/mol. The van der Waals surface area contributed by atoms with Gasteiger partial charge in [-0.1, -0.05) is 27.5 Å². The van der Waals surface area contributed by atoms with Crippen molar-refractivity contribution in [2.75, 3.05) is 13.2 Å². The van der Waals surface area contributed by atoms with Gasteiger partial charge in [0, 0.05) is 11.0 Å². The molecular formula is C9H10BrClN2O4S. The molecule has 1 aromatic rings. The second-order valence-electron chi connectivity index (χ2n) is 3.14. The standard InChI is InChI=1S/C9H10BrClN2O4S/c10-6-1-2-8(7(11)5-6)18(15,16)13-3-4-17-9(12)14/h1-2,5,13H,3-4H2,(H2,12,14). The Kier molecular flexibility index (Phi) is 5.39. The first-order valence-electron chi connectivity index (χ1n) is 4.70. The lowest BCUT2D eigenvalue weighted by molar-refractivity contribution is 0.159. The number of nitrogens with two attached hydrogens (primary N) is 1. The van der Waals surface area contributed by atoms with Gasteiger partial charge in [0.05, 0.1) is 5.02 Å². The van der Waals surface area contributed by atoms with Crippen LogP contribution in [0.25, 0.3) is 0 Å². The molecule has 0 saturated carbocycles. The van der Waals surface area contributed by atoms with E-state index in [1.54, 1.807) is 6.07 Å². The second-order valence-corrected chi connectivity index (χ2v) is 6.20. The van der Waals surface area contributed by atoms with Crippen molar-refractivity contribution >= 4 is 43.6 Å². The van der Waals surface area contributed by atoms with Crippen molar-refractivity contribution < 1.29 is 17.9 Å². The van der Waals surface area contributed by atoms with Crippen LogP contribution in [0, 0.1) is 0 Å². The van der Waals surface area contributed by atoms with Crippen LogP contribution in [0.1, 0.15) is 0 Å². The van der Waals surface area contributed by atoms with Gasteiger partial charge in [0.2, 0.25) is 10.0 Å². The molecule has 0 unspecified atom stereocenters. The third-order valence-electron chi connectivity index (χ3n) is 1.82. The summed E-state index contributed by atoms with van der Waals surface area (Å²) in [7, 11) is -3.74. The molecule has 0 spiro atoms. The molecule has 0 aliphatic heterocycles. The lowest BCUT2D eigenvalue weighted by Crippen LogP contribution is -2.29. The normalized spacial score (nSPS) is 11.2. The molecule has 1 aromatic carbocycles. The Hall–Kier alpha value is -0.830. The van der Waals surface area contributed by atoms with Crippen LogP contribution < -0.4 is 10.5 Å². The van der Waals surface area contributed by atoms with E-state index in [4.69, 9.17) is 17.3 Å².